The van der Waals surface area contributed by atoms with E-state index in [4.69, 9.17) is 4.74 Å². The zero-order chi connectivity index (χ0) is 26.4. The van der Waals surface area contributed by atoms with Crippen molar-refractivity contribution in [3.05, 3.63) is 171 Å². The minimum atomic E-state index is -0.910. The summed E-state index contributed by atoms with van der Waals surface area (Å²) in [5.74, 6) is 6.93. The number of allylic oxidation sites excluding steroid dienone is 14. The van der Waals surface area contributed by atoms with Gasteiger partial charge >= 0.3 is 0 Å². The van der Waals surface area contributed by atoms with Gasteiger partial charge in [-0.15, -0.1) is 6.58 Å². The Labute approximate surface area is 219 Å². The van der Waals surface area contributed by atoms with Gasteiger partial charge in [-0.1, -0.05) is 140 Å². The molecule has 0 heterocycles. The van der Waals surface area contributed by atoms with E-state index in [0.29, 0.717) is 6.42 Å². The van der Waals surface area contributed by atoms with Gasteiger partial charge < -0.3 is 4.74 Å². The quantitative estimate of drug-likeness (QED) is 0.113. The highest BCUT2D eigenvalue weighted by Gasteiger charge is 2.46. The Morgan fingerprint density at radius 3 is 1.94 bits per heavy atom. The first kappa shape index (κ1) is 29.8. The molecule has 0 N–H and O–H groups in total. The lowest BCUT2D eigenvalue weighted by atomic mass is 9.69. The molecule has 1 aromatic rings. The lowest BCUT2D eigenvalue weighted by Crippen LogP contribution is -2.45. The average molecular weight is 475 g/mol. The molecule has 0 saturated heterocycles. The third-order valence-electron chi connectivity index (χ3n) is 5.10. The minimum Gasteiger partial charge on any atom is -0.488 e. The van der Waals surface area contributed by atoms with E-state index in [0.717, 1.165) is 5.56 Å². The summed E-state index contributed by atoms with van der Waals surface area (Å²) in [5, 5.41) is 0. The second-order valence-corrected chi connectivity index (χ2v) is 7.68. The summed E-state index contributed by atoms with van der Waals surface area (Å²) >= 11 is 0. The van der Waals surface area contributed by atoms with Gasteiger partial charge in [0.2, 0.25) is 0 Å². The summed E-state index contributed by atoms with van der Waals surface area (Å²) in [5.41, 5.74) is -0.853. The van der Waals surface area contributed by atoms with Gasteiger partial charge in [0.1, 0.15) is 5.41 Å². The third kappa shape index (κ3) is 9.92. The van der Waals surface area contributed by atoms with Crippen LogP contribution >= 0.6 is 0 Å². The summed E-state index contributed by atoms with van der Waals surface area (Å²) in [6.45, 7) is 15.6. The van der Waals surface area contributed by atoms with Crippen LogP contribution in [0.2, 0.25) is 0 Å². The zero-order valence-corrected chi connectivity index (χ0v) is 21.6. The molecule has 36 heavy (non-hydrogen) atoms. The van der Waals surface area contributed by atoms with Crippen LogP contribution in [0.15, 0.2) is 166 Å². The van der Waals surface area contributed by atoms with Gasteiger partial charge in [-0.05, 0) is 38.1 Å². The molecule has 184 valence electrons. The highest BCUT2D eigenvalue weighted by Crippen LogP contribution is 2.43. The maximum atomic E-state index is 6.52. The molecular formula is C35H38O. The summed E-state index contributed by atoms with van der Waals surface area (Å²) in [4.78, 5) is 0. The summed E-state index contributed by atoms with van der Waals surface area (Å²) in [7, 11) is 0. The van der Waals surface area contributed by atoms with Crippen molar-refractivity contribution in [1.82, 2.24) is 0 Å². The van der Waals surface area contributed by atoms with Crippen LogP contribution in [0.5, 0.6) is 0 Å². The van der Waals surface area contributed by atoms with E-state index >= 15 is 0 Å². The zero-order valence-electron chi connectivity index (χ0n) is 21.6. The maximum absolute atomic E-state index is 6.52. The largest absolute Gasteiger partial charge is 0.488 e. The van der Waals surface area contributed by atoms with Crippen molar-refractivity contribution in [2.24, 2.45) is 5.41 Å². The molecule has 1 heteroatoms. The first-order valence-corrected chi connectivity index (χ1v) is 12.0. The van der Waals surface area contributed by atoms with E-state index in [-0.39, 0.29) is 0 Å². The predicted molar refractivity (Wildman–Crippen MR) is 159 cm³/mol. The monoisotopic (exact) mass is 474 g/mol. The molecule has 0 aliphatic carbocycles. The molecule has 0 aliphatic rings. The van der Waals surface area contributed by atoms with E-state index < -0.39 is 11.0 Å². The van der Waals surface area contributed by atoms with Crippen molar-refractivity contribution < 1.29 is 4.74 Å². The molecule has 0 spiro atoms. The van der Waals surface area contributed by atoms with Crippen LogP contribution < -0.4 is 0 Å². The predicted octanol–water partition coefficient (Wildman–Crippen LogP) is 9.17. The molecule has 2 unspecified atom stereocenters. The Hall–Kier alpha value is -4.28. The van der Waals surface area contributed by atoms with Crippen LogP contribution in [-0.4, -0.2) is 5.60 Å². The van der Waals surface area contributed by atoms with E-state index in [2.05, 4.69) is 43.7 Å². The van der Waals surface area contributed by atoms with Crippen molar-refractivity contribution in [2.75, 3.05) is 0 Å². The fourth-order valence-corrected chi connectivity index (χ4v) is 3.33. The summed E-state index contributed by atoms with van der Waals surface area (Å²) < 4.78 is 6.52. The van der Waals surface area contributed by atoms with Gasteiger partial charge in [0.05, 0.1) is 6.26 Å². The Bertz CT molecular complexity index is 1110. The van der Waals surface area contributed by atoms with Crippen LogP contribution in [0.3, 0.4) is 0 Å². The van der Waals surface area contributed by atoms with Crippen LogP contribution in [-0.2, 0) is 4.74 Å². The van der Waals surface area contributed by atoms with Crippen molar-refractivity contribution in [1.29, 1.82) is 0 Å². The van der Waals surface area contributed by atoms with Gasteiger partial charge in [0, 0.05) is 12.0 Å². The molecule has 2 atom stereocenters. The van der Waals surface area contributed by atoms with Crippen LogP contribution in [0, 0.1) is 17.3 Å². The van der Waals surface area contributed by atoms with Crippen LogP contribution in [0.4, 0.5) is 0 Å². The molecule has 0 aromatic heterocycles. The second-order valence-electron chi connectivity index (χ2n) is 7.68. The molecular weight excluding hydrogens is 436 g/mol. The van der Waals surface area contributed by atoms with Gasteiger partial charge in [-0.3, -0.25) is 0 Å². The topological polar surface area (TPSA) is 9.23 Å². The van der Waals surface area contributed by atoms with E-state index in [1.165, 1.54) is 0 Å². The molecule has 0 fully saturated rings. The Morgan fingerprint density at radius 2 is 1.31 bits per heavy atom. The fourth-order valence-electron chi connectivity index (χ4n) is 3.33. The van der Waals surface area contributed by atoms with Crippen molar-refractivity contribution in [2.45, 2.75) is 25.9 Å². The Kier molecular flexibility index (Phi) is 15.0. The smallest absolute Gasteiger partial charge is 0.153 e. The van der Waals surface area contributed by atoms with E-state index in [9.17, 15) is 0 Å². The molecule has 1 aromatic carbocycles. The summed E-state index contributed by atoms with van der Waals surface area (Å²) in [6.07, 6.45) is 37.1. The number of benzene rings is 1. The van der Waals surface area contributed by atoms with E-state index in [1.807, 2.05) is 123 Å². The fraction of sp³-hybridized carbons (Fsp3) is 0.143. The number of ether oxygens (including phenoxy) is 1. The Morgan fingerprint density at radius 1 is 0.722 bits per heavy atom. The van der Waals surface area contributed by atoms with Crippen molar-refractivity contribution >= 4 is 0 Å². The molecule has 0 amide bonds. The third-order valence-corrected chi connectivity index (χ3v) is 5.10. The average Bonchev–Trinajstić information content (AvgIpc) is 2.90. The summed E-state index contributed by atoms with van der Waals surface area (Å²) in [6, 6.07) is 9.94. The second kappa shape index (κ2) is 18.1. The number of rotatable bonds is 14. The number of hydrogen-bond donors (Lipinski definition) is 0. The maximum Gasteiger partial charge on any atom is 0.153 e. The normalized spacial score (nSPS) is 15.8. The van der Waals surface area contributed by atoms with E-state index in [1.54, 1.807) is 24.5 Å². The van der Waals surface area contributed by atoms with Crippen LogP contribution in [0.25, 0.3) is 0 Å². The molecule has 1 rings (SSSR count). The molecule has 0 saturated carbocycles. The van der Waals surface area contributed by atoms with Gasteiger partial charge in [-0.25, -0.2) is 0 Å². The van der Waals surface area contributed by atoms with Crippen molar-refractivity contribution in [3.63, 3.8) is 0 Å². The SMILES string of the molecule is C=CC=CC=CC(C#Cc1ccccc1)(C=CC=CC)C(C=CC=CC=CC)(CC=C)OC=CC=C. The van der Waals surface area contributed by atoms with Crippen molar-refractivity contribution in [3.8, 4) is 11.8 Å². The highest BCUT2D eigenvalue weighted by molar-refractivity contribution is 5.45. The Balaban J connectivity index is 4.03. The lowest BCUT2D eigenvalue weighted by molar-refractivity contribution is 0.0214. The highest BCUT2D eigenvalue weighted by atomic mass is 16.5. The molecule has 0 aliphatic heterocycles. The number of hydrogen-bond acceptors (Lipinski definition) is 1. The minimum absolute atomic E-state index is 0.502. The first-order valence-electron chi connectivity index (χ1n) is 12.0. The van der Waals surface area contributed by atoms with Gasteiger partial charge in [-0.2, -0.15) is 0 Å². The molecule has 0 bridgehead atoms. The lowest BCUT2D eigenvalue weighted by Gasteiger charge is -2.41. The van der Waals surface area contributed by atoms with Crippen LogP contribution in [0.1, 0.15) is 25.8 Å². The van der Waals surface area contributed by atoms with Gasteiger partial charge in [0.25, 0.3) is 0 Å². The standard InChI is InChI=1S/C35H38O/c1-6-11-15-17-23-30-35(27-10-5,36-32-14-9-4)34(28-21-13-8-3,29-22-16-12-7-2)31-26-33-24-19-18-20-25-33/h6-25,28-30,32H,2,4-5,27H2,1,3H3. The first-order chi connectivity index (χ1) is 17.6. The molecule has 1 nitrogen and oxygen atoms in total. The molecule has 0 radical (unpaired) electrons. The van der Waals surface area contributed by atoms with Gasteiger partial charge in [0.15, 0.2) is 5.60 Å².